The molecule has 2 aromatic carbocycles. The van der Waals surface area contributed by atoms with Crippen molar-refractivity contribution in [3.05, 3.63) is 51.2 Å². The second kappa shape index (κ2) is 6.33. The molecule has 2 rings (SSSR count). The Kier molecular flexibility index (Phi) is 4.73. The summed E-state index contributed by atoms with van der Waals surface area (Å²) in [6, 6.07) is 7.82. The van der Waals surface area contributed by atoms with Crippen LogP contribution in [-0.2, 0) is 6.61 Å². The first-order chi connectivity index (χ1) is 9.51. The Morgan fingerprint density at radius 3 is 2.65 bits per heavy atom. The molecule has 2 aromatic rings. The Labute approximate surface area is 129 Å². The smallest absolute Gasteiger partial charge is 0.156 e. The third kappa shape index (κ3) is 3.35. The van der Waals surface area contributed by atoms with E-state index < -0.39 is 5.82 Å². The van der Waals surface area contributed by atoms with E-state index in [0.717, 1.165) is 0 Å². The van der Waals surface area contributed by atoms with E-state index in [4.69, 9.17) is 26.8 Å². The van der Waals surface area contributed by atoms with Gasteiger partial charge in [-0.15, -0.1) is 0 Å². The highest BCUT2D eigenvalue weighted by molar-refractivity contribution is 9.10. The van der Waals surface area contributed by atoms with E-state index in [1.807, 2.05) is 0 Å². The lowest BCUT2D eigenvalue weighted by molar-refractivity contribution is 0.299. The van der Waals surface area contributed by atoms with Crippen LogP contribution >= 0.6 is 27.5 Å². The first-order valence-corrected chi connectivity index (χ1v) is 6.88. The highest BCUT2D eigenvalue weighted by Gasteiger charge is 2.10. The van der Waals surface area contributed by atoms with Crippen molar-refractivity contribution in [3.63, 3.8) is 0 Å². The van der Waals surface area contributed by atoms with Crippen molar-refractivity contribution in [3.8, 4) is 11.5 Å². The lowest BCUT2D eigenvalue weighted by atomic mass is 10.2. The van der Waals surface area contributed by atoms with Crippen LogP contribution in [-0.4, -0.2) is 7.11 Å². The maximum absolute atomic E-state index is 13.8. The quantitative estimate of drug-likeness (QED) is 0.821. The molecular formula is C14H12BrClFNO2. The number of rotatable bonds is 4. The molecule has 0 saturated heterocycles. The van der Waals surface area contributed by atoms with Crippen molar-refractivity contribution in [2.45, 2.75) is 6.61 Å². The zero-order valence-electron chi connectivity index (χ0n) is 10.6. The number of benzene rings is 2. The van der Waals surface area contributed by atoms with Crippen LogP contribution in [0.4, 0.5) is 10.1 Å². The fraction of sp³-hybridized carbons (Fsp3) is 0.143. The predicted octanol–water partition coefficient (Wildman–Crippen LogP) is 4.41. The second-order valence-corrected chi connectivity index (χ2v) is 5.34. The molecule has 0 aromatic heterocycles. The van der Waals surface area contributed by atoms with Gasteiger partial charge in [0.1, 0.15) is 18.2 Å². The highest BCUT2D eigenvalue weighted by atomic mass is 79.9. The topological polar surface area (TPSA) is 44.5 Å². The summed E-state index contributed by atoms with van der Waals surface area (Å²) in [4.78, 5) is 0. The van der Waals surface area contributed by atoms with Gasteiger partial charge in [-0.1, -0.05) is 11.6 Å². The molecular weight excluding hydrogens is 349 g/mol. The van der Waals surface area contributed by atoms with Gasteiger partial charge in [0.25, 0.3) is 0 Å². The summed E-state index contributed by atoms with van der Waals surface area (Å²) in [6.45, 7) is 0.0558. The number of hydrogen-bond acceptors (Lipinski definition) is 3. The first kappa shape index (κ1) is 14.9. The summed E-state index contributed by atoms with van der Waals surface area (Å²) < 4.78 is 24.9. The number of ether oxygens (including phenoxy) is 2. The van der Waals surface area contributed by atoms with E-state index in [1.165, 1.54) is 13.2 Å². The van der Waals surface area contributed by atoms with Crippen molar-refractivity contribution < 1.29 is 13.9 Å². The van der Waals surface area contributed by atoms with Crippen LogP contribution < -0.4 is 15.2 Å². The fourth-order valence-corrected chi connectivity index (χ4v) is 2.60. The van der Waals surface area contributed by atoms with Crippen molar-refractivity contribution in [2.24, 2.45) is 0 Å². The Morgan fingerprint density at radius 2 is 2.05 bits per heavy atom. The number of halogens is 3. The van der Waals surface area contributed by atoms with Crippen molar-refractivity contribution >= 4 is 33.2 Å². The molecule has 0 aliphatic rings. The zero-order valence-corrected chi connectivity index (χ0v) is 13.0. The van der Waals surface area contributed by atoms with Crippen molar-refractivity contribution in [2.75, 3.05) is 12.8 Å². The van der Waals surface area contributed by atoms with Gasteiger partial charge in [0.2, 0.25) is 0 Å². The average molecular weight is 361 g/mol. The predicted molar refractivity (Wildman–Crippen MR) is 80.8 cm³/mol. The Bertz CT molecular complexity index is 614. The highest BCUT2D eigenvalue weighted by Crippen LogP contribution is 2.35. The zero-order chi connectivity index (χ0) is 14.7. The van der Waals surface area contributed by atoms with Gasteiger partial charge in [-0.2, -0.15) is 0 Å². The molecule has 0 unspecified atom stereocenters. The van der Waals surface area contributed by atoms with Crippen LogP contribution in [0.1, 0.15) is 5.56 Å². The molecule has 0 aliphatic heterocycles. The van der Waals surface area contributed by atoms with Crippen LogP contribution in [0.2, 0.25) is 5.02 Å². The molecule has 0 amide bonds. The van der Waals surface area contributed by atoms with E-state index in [0.29, 0.717) is 32.2 Å². The lowest BCUT2D eigenvalue weighted by Crippen LogP contribution is -2.02. The summed E-state index contributed by atoms with van der Waals surface area (Å²) in [5.41, 5.74) is 6.61. The van der Waals surface area contributed by atoms with Crippen molar-refractivity contribution in [1.82, 2.24) is 0 Å². The number of anilines is 1. The molecule has 0 fully saturated rings. The van der Waals surface area contributed by atoms with Crippen LogP contribution in [0.15, 0.2) is 34.8 Å². The molecule has 0 radical (unpaired) electrons. The van der Waals surface area contributed by atoms with Crippen LogP contribution in [0, 0.1) is 5.82 Å². The number of nitrogens with two attached hydrogens (primary N) is 1. The minimum atomic E-state index is -0.395. The lowest BCUT2D eigenvalue weighted by Gasteiger charge is -2.12. The standard InChI is InChI=1S/C14H12BrClFNO2/c1-19-10-3-2-8(12(17)6-10)7-20-14-11(15)4-9(16)5-13(14)18/h2-6H,7,18H2,1H3. The summed E-state index contributed by atoms with van der Waals surface area (Å²) in [5.74, 6) is 0.496. The Morgan fingerprint density at radius 1 is 1.30 bits per heavy atom. The van der Waals surface area contributed by atoms with Gasteiger partial charge in [-0.25, -0.2) is 4.39 Å². The van der Waals surface area contributed by atoms with Crippen LogP contribution in [0.25, 0.3) is 0 Å². The van der Waals surface area contributed by atoms with E-state index in [2.05, 4.69) is 15.9 Å². The number of hydrogen-bond donors (Lipinski definition) is 1. The minimum absolute atomic E-state index is 0.0558. The number of nitrogen functional groups attached to an aromatic ring is 1. The van der Waals surface area contributed by atoms with Crippen LogP contribution in [0.3, 0.4) is 0 Å². The molecule has 0 bridgehead atoms. The van der Waals surface area contributed by atoms with Gasteiger partial charge >= 0.3 is 0 Å². The monoisotopic (exact) mass is 359 g/mol. The van der Waals surface area contributed by atoms with Crippen molar-refractivity contribution in [1.29, 1.82) is 0 Å². The maximum Gasteiger partial charge on any atom is 0.156 e. The van der Waals surface area contributed by atoms with E-state index in [-0.39, 0.29) is 6.61 Å². The number of methoxy groups -OCH3 is 1. The first-order valence-electron chi connectivity index (χ1n) is 5.71. The summed E-state index contributed by atoms with van der Waals surface area (Å²) in [5, 5.41) is 0.498. The van der Waals surface area contributed by atoms with Gasteiger partial charge in [-0.05, 0) is 40.2 Å². The van der Waals surface area contributed by atoms with Gasteiger partial charge in [-0.3, -0.25) is 0 Å². The normalized spacial score (nSPS) is 10.4. The second-order valence-electron chi connectivity index (χ2n) is 4.05. The SMILES string of the molecule is COc1ccc(COc2c(N)cc(Cl)cc2Br)c(F)c1. The van der Waals surface area contributed by atoms with Gasteiger partial charge < -0.3 is 15.2 Å². The molecule has 0 atom stereocenters. The van der Waals surface area contributed by atoms with Gasteiger partial charge in [0.05, 0.1) is 17.3 Å². The van der Waals surface area contributed by atoms with Gasteiger partial charge in [0.15, 0.2) is 5.75 Å². The third-order valence-corrected chi connectivity index (χ3v) is 3.48. The maximum atomic E-state index is 13.8. The van der Waals surface area contributed by atoms with E-state index >= 15 is 0 Å². The summed E-state index contributed by atoms with van der Waals surface area (Å²) >= 11 is 9.17. The minimum Gasteiger partial charge on any atom is -0.497 e. The molecule has 20 heavy (non-hydrogen) atoms. The molecule has 3 nitrogen and oxygen atoms in total. The molecule has 6 heteroatoms. The Hall–Kier alpha value is -1.46. The summed E-state index contributed by atoms with van der Waals surface area (Å²) in [7, 11) is 1.48. The van der Waals surface area contributed by atoms with Crippen LogP contribution in [0.5, 0.6) is 11.5 Å². The Balaban J connectivity index is 2.17. The van der Waals surface area contributed by atoms with E-state index in [1.54, 1.807) is 24.3 Å². The third-order valence-electron chi connectivity index (χ3n) is 2.67. The average Bonchev–Trinajstić information content (AvgIpc) is 2.39. The summed E-state index contributed by atoms with van der Waals surface area (Å²) in [6.07, 6.45) is 0. The molecule has 0 saturated carbocycles. The molecule has 106 valence electrons. The fourth-order valence-electron chi connectivity index (χ4n) is 1.65. The molecule has 2 N–H and O–H groups in total. The van der Waals surface area contributed by atoms with Gasteiger partial charge in [0, 0.05) is 16.7 Å². The molecule has 0 aliphatic carbocycles. The largest absolute Gasteiger partial charge is 0.497 e. The molecule has 0 spiro atoms. The van der Waals surface area contributed by atoms with E-state index in [9.17, 15) is 4.39 Å². The molecule has 0 heterocycles.